The molecular formula is C23H27F3N6O4. The van der Waals surface area contributed by atoms with Gasteiger partial charge in [0.1, 0.15) is 23.8 Å². The molecular weight excluding hydrogens is 481 g/mol. The number of aromatic nitrogens is 4. The molecule has 2 aromatic heterocycles. The predicted octanol–water partition coefficient (Wildman–Crippen LogP) is 2.38. The number of alkyl halides is 3. The normalized spacial score (nSPS) is 23.9. The minimum atomic E-state index is -4.61. The lowest BCUT2D eigenvalue weighted by Gasteiger charge is -2.37. The van der Waals surface area contributed by atoms with E-state index in [1.165, 1.54) is 0 Å². The molecule has 1 atom stereocenters. The molecule has 5 heterocycles. The highest BCUT2D eigenvalue weighted by atomic mass is 19.4. The van der Waals surface area contributed by atoms with Crippen molar-refractivity contribution >= 4 is 11.8 Å². The zero-order chi connectivity index (χ0) is 24.8. The monoisotopic (exact) mass is 508 g/mol. The van der Waals surface area contributed by atoms with E-state index in [2.05, 4.69) is 30.2 Å². The van der Waals surface area contributed by atoms with Crippen LogP contribution in [0.1, 0.15) is 36.1 Å². The van der Waals surface area contributed by atoms with Crippen LogP contribution in [0.15, 0.2) is 12.5 Å². The van der Waals surface area contributed by atoms with Gasteiger partial charge in [-0.1, -0.05) is 0 Å². The van der Waals surface area contributed by atoms with Crippen molar-refractivity contribution < 1.29 is 32.1 Å². The summed E-state index contributed by atoms with van der Waals surface area (Å²) in [6, 6.07) is -0.0718. The standard InChI is InChI=1S/C23H27F3N6O4/c24-23(25,26)17-9-27-21(31-20(17)36-15-11-33-12-15)30-14-2-1-5-32(10-14)19-16-3-4-22(34-6-7-35-22)8-18(16)28-13-29-19/h9,13-15H,1-8,10-12H2,(H,27,30,31)/t14-/m1/s1. The molecule has 2 aromatic rings. The fourth-order valence-electron chi connectivity index (χ4n) is 5.15. The van der Waals surface area contributed by atoms with Gasteiger partial charge in [-0.05, 0) is 19.3 Å². The molecule has 0 unspecified atom stereocenters. The Hall–Kier alpha value is -2.77. The van der Waals surface area contributed by atoms with Crippen molar-refractivity contribution in [2.45, 2.75) is 56.2 Å². The van der Waals surface area contributed by atoms with Gasteiger partial charge in [0.25, 0.3) is 0 Å². The average Bonchev–Trinajstić information content (AvgIpc) is 3.28. The van der Waals surface area contributed by atoms with E-state index in [4.69, 9.17) is 18.9 Å². The van der Waals surface area contributed by atoms with Gasteiger partial charge in [0.2, 0.25) is 11.8 Å². The fourth-order valence-corrected chi connectivity index (χ4v) is 5.15. The number of hydrogen-bond donors (Lipinski definition) is 1. The van der Waals surface area contributed by atoms with Crippen LogP contribution in [0, 0.1) is 0 Å². The highest BCUT2D eigenvalue weighted by Gasteiger charge is 2.42. The summed E-state index contributed by atoms with van der Waals surface area (Å²) in [7, 11) is 0. The number of ether oxygens (including phenoxy) is 4. The van der Waals surface area contributed by atoms with Gasteiger partial charge in [0.15, 0.2) is 5.79 Å². The van der Waals surface area contributed by atoms with Crippen LogP contribution in [0.25, 0.3) is 0 Å². The van der Waals surface area contributed by atoms with Gasteiger partial charge >= 0.3 is 6.18 Å². The Labute approximate surface area is 205 Å². The fraction of sp³-hybridized carbons (Fsp3) is 0.652. The smallest absolute Gasteiger partial charge is 0.423 e. The van der Waals surface area contributed by atoms with E-state index in [9.17, 15) is 13.2 Å². The zero-order valence-electron chi connectivity index (χ0n) is 19.6. The first-order chi connectivity index (χ1) is 17.4. The molecule has 0 aromatic carbocycles. The van der Waals surface area contributed by atoms with Gasteiger partial charge < -0.3 is 29.2 Å². The maximum absolute atomic E-state index is 13.4. The van der Waals surface area contributed by atoms with Gasteiger partial charge in [0.05, 0.1) is 32.1 Å². The van der Waals surface area contributed by atoms with Crippen molar-refractivity contribution in [1.82, 2.24) is 19.9 Å². The summed E-state index contributed by atoms with van der Waals surface area (Å²) in [5.74, 6) is -0.0549. The van der Waals surface area contributed by atoms with Gasteiger partial charge in [-0.3, -0.25) is 0 Å². The van der Waals surface area contributed by atoms with E-state index in [1.54, 1.807) is 6.33 Å². The summed E-state index contributed by atoms with van der Waals surface area (Å²) in [6.45, 7) is 3.11. The lowest BCUT2D eigenvalue weighted by atomic mass is 9.90. The number of fused-ring (bicyclic) bond motifs is 1. The minimum Gasteiger partial charge on any atom is -0.469 e. The summed E-state index contributed by atoms with van der Waals surface area (Å²) in [4.78, 5) is 19.3. The Balaban J connectivity index is 1.18. The maximum atomic E-state index is 13.4. The summed E-state index contributed by atoms with van der Waals surface area (Å²) in [6.07, 6.45) is 1.11. The largest absolute Gasteiger partial charge is 0.469 e. The Kier molecular flexibility index (Phi) is 6.08. The van der Waals surface area contributed by atoms with E-state index in [0.29, 0.717) is 26.2 Å². The zero-order valence-corrected chi connectivity index (χ0v) is 19.6. The van der Waals surface area contributed by atoms with Crippen LogP contribution >= 0.6 is 0 Å². The van der Waals surface area contributed by atoms with Crippen molar-refractivity contribution in [3.05, 3.63) is 29.3 Å². The number of halogens is 3. The quantitative estimate of drug-likeness (QED) is 0.648. The second-order valence-electron chi connectivity index (χ2n) is 9.52. The molecule has 0 amide bonds. The summed E-state index contributed by atoms with van der Waals surface area (Å²) < 4.78 is 62.5. The molecule has 1 spiro atoms. The van der Waals surface area contributed by atoms with Gasteiger partial charge in [0, 0.05) is 43.7 Å². The van der Waals surface area contributed by atoms with Crippen molar-refractivity contribution in [3.63, 3.8) is 0 Å². The van der Waals surface area contributed by atoms with E-state index >= 15 is 0 Å². The van der Waals surface area contributed by atoms with Crippen molar-refractivity contribution in [2.24, 2.45) is 0 Å². The van der Waals surface area contributed by atoms with Gasteiger partial charge in [-0.15, -0.1) is 0 Å². The van der Waals surface area contributed by atoms with Crippen LogP contribution in [0.3, 0.4) is 0 Å². The van der Waals surface area contributed by atoms with Gasteiger partial charge in [-0.2, -0.15) is 18.2 Å². The van der Waals surface area contributed by atoms with Crippen LogP contribution in [-0.4, -0.2) is 77.4 Å². The minimum absolute atomic E-state index is 0.0718. The van der Waals surface area contributed by atoms with Crippen LogP contribution in [0.2, 0.25) is 0 Å². The molecule has 3 saturated heterocycles. The van der Waals surface area contributed by atoms with E-state index in [-0.39, 0.29) is 25.2 Å². The SMILES string of the molecule is FC(F)(F)c1cnc(N[C@@H]2CCCN(c3ncnc4c3CCC3(C4)OCCO3)C2)nc1OC1COC1. The van der Waals surface area contributed by atoms with Crippen LogP contribution in [0.4, 0.5) is 24.9 Å². The summed E-state index contributed by atoms with van der Waals surface area (Å²) >= 11 is 0. The number of nitrogens with zero attached hydrogens (tertiary/aromatic N) is 5. The molecule has 194 valence electrons. The molecule has 10 nitrogen and oxygen atoms in total. The second kappa shape index (κ2) is 9.27. The third-order valence-electron chi connectivity index (χ3n) is 7.02. The molecule has 0 radical (unpaired) electrons. The third-order valence-corrected chi connectivity index (χ3v) is 7.02. The number of hydrogen-bond acceptors (Lipinski definition) is 10. The molecule has 1 aliphatic carbocycles. The van der Waals surface area contributed by atoms with E-state index in [0.717, 1.165) is 55.5 Å². The summed E-state index contributed by atoms with van der Waals surface area (Å²) in [5.41, 5.74) is 1.05. The van der Waals surface area contributed by atoms with E-state index in [1.807, 2.05) is 0 Å². The first-order valence-electron chi connectivity index (χ1n) is 12.2. The van der Waals surface area contributed by atoms with Crippen molar-refractivity contribution in [1.29, 1.82) is 0 Å². The lowest BCUT2D eigenvalue weighted by Crippen LogP contribution is -2.44. The highest BCUT2D eigenvalue weighted by molar-refractivity contribution is 5.51. The maximum Gasteiger partial charge on any atom is 0.423 e. The molecule has 1 N–H and O–H groups in total. The van der Waals surface area contributed by atoms with Crippen molar-refractivity contribution in [2.75, 3.05) is 49.7 Å². The molecule has 36 heavy (non-hydrogen) atoms. The lowest BCUT2D eigenvalue weighted by molar-refractivity contribution is -0.164. The van der Waals surface area contributed by atoms with Crippen molar-refractivity contribution in [3.8, 4) is 5.88 Å². The van der Waals surface area contributed by atoms with E-state index < -0.39 is 29.5 Å². The third kappa shape index (κ3) is 4.66. The Morgan fingerprint density at radius 1 is 1.14 bits per heavy atom. The Bertz CT molecular complexity index is 1110. The second-order valence-corrected chi connectivity index (χ2v) is 9.52. The highest BCUT2D eigenvalue weighted by Crippen LogP contribution is 2.38. The Morgan fingerprint density at radius 2 is 1.97 bits per heavy atom. The number of anilines is 2. The molecule has 6 rings (SSSR count). The first kappa shape index (κ1) is 23.6. The summed E-state index contributed by atoms with van der Waals surface area (Å²) in [5, 5.41) is 3.20. The first-order valence-corrected chi connectivity index (χ1v) is 12.2. The predicted molar refractivity (Wildman–Crippen MR) is 120 cm³/mol. The molecule has 0 bridgehead atoms. The van der Waals surface area contributed by atoms with Crippen LogP contribution in [-0.2, 0) is 33.2 Å². The van der Waals surface area contributed by atoms with Gasteiger partial charge in [-0.25, -0.2) is 15.0 Å². The number of rotatable bonds is 5. The molecule has 3 aliphatic heterocycles. The topological polar surface area (TPSA) is 104 Å². The molecule has 4 aliphatic rings. The average molecular weight is 509 g/mol. The molecule has 13 heteroatoms. The number of nitrogens with one attached hydrogen (secondary N) is 1. The molecule has 0 saturated carbocycles. The molecule has 3 fully saturated rings. The van der Waals surface area contributed by atoms with Crippen LogP contribution in [0.5, 0.6) is 5.88 Å². The number of piperidine rings is 1. The van der Waals surface area contributed by atoms with Crippen LogP contribution < -0.4 is 15.0 Å². The Morgan fingerprint density at radius 3 is 2.72 bits per heavy atom.